The van der Waals surface area contributed by atoms with E-state index in [1.54, 1.807) is 0 Å². The van der Waals surface area contributed by atoms with Crippen LogP contribution in [-0.2, 0) is 11.2 Å². The predicted octanol–water partition coefficient (Wildman–Crippen LogP) is 3.79. The zero-order valence-electron chi connectivity index (χ0n) is 14.6. The number of furan rings is 1. The summed E-state index contributed by atoms with van der Waals surface area (Å²) in [5.41, 5.74) is 0.953. The van der Waals surface area contributed by atoms with Crippen LogP contribution < -0.4 is 0 Å². The first kappa shape index (κ1) is 18.7. The van der Waals surface area contributed by atoms with E-state index in [9.17, 15) is 5.11 Å². The molecule has 4 rings (SSSR count). The number of halogens is 1. The minimum atomic E-state index is -0.150. The summed E-state index contributed by atoms with van der Waals surface area (Å²) in [4.78, 5) is 2.44. The summed E-state index contributed by atoms with van der Waals surface area (Å²) < 4.78 is 12.1. The first-order valence-electron chi connectivity index (χ1n) is 9.31. The lowest BCUT2D eigenvalue weighted by Crippen LogP contribution is -2.46. The van der Waals surface area contributed by atoms with Crippen molar-refractivity contribution in [3.8, 4) is 0 Å². The minimum absolute atomic E-state index is 0. The molecule has 0 bridgehead atoms. The highest BCUT2D eigenvalue weighted by molar-refractivity contribution is 5.85. The third-order valence-corrected chi connectivity index (χ3v) is 5.49. The molecule has 0 amide bonds. The van der Waals surface area contributed by atoms with Gasteiger partial charge in [0, 0.05) is 30.9 Å². The normalized spacial score (nSPS) is 27.5. The van der Waals surface area contributed by atoms with Crippen molar-refractivity contribution in [2.75, 3.05) is 19.7 Å². The Morgan fingerprint density at radius 1 is 1.16 bits per heavy atom. The number of likely N-dealkylation sites (tertiary alicyclic amines) is 1. The Kier molecular flexibility index (Phi) is 6.39. The highest BCUT2D eigenvalue weighted by Gasteiger charge is 2.34. The summed E-state index contributed by atoms with van der Waals surface area (Å²) >= 11 is 0. The second-order valence-electron chi connectivity index (χ2n) is 7.20. The predicted molar refractivity (Wildman–Crippen MR) is 101 cm³/mol. The van der Waals surface area contributed by atoms with E-state index in [0.717, 1.165) is 49.1 Å². The number of hydrogen-bond donors (Lipinski definition) is 1. The van der Waals surface area contributed by atoms with Crippen LogP contribution in [0.15, 0.2) is 34.7 Å². The topological polar surface area (TPSA) is 45.8 Å². The molecule has 0 spiro atoms. The Labute approximate surface area is 155 Å². The van der Waals surface area contributed by atoms with Crippen LogP contribution in [0.5, 0.6) is 0 Å². The fourth-order valence-corrected chi connectivity index (χ4v) is 4.23. The van der Waals surface area contributed by atoms with Gasteiger partial charge in [-0.2, -0.15) is 0 Å². The molecule has 25 heavy (non-hydrogen) atoms. The molecular weight excluding hydrogens is 338 g/mol. The van der Waals surface area contributed by atoms with Crippen molar-refractivity contribution in [2.45, 2.75) is 56.8 Å². The zero-order valence-corrected chi connectivity index (χ0v) is 15.4. The molecule has 1 N–H and O–H groups in total. The van der Waals surface area contributed by atoms with E-state index < -0.39 is 0 Å². The van der Waals surface area contributed by atoms with Gasteiger partial charge in [0.15, 0.2) is 0 Å². The Hall–Kier alpha value is -1.07. The van der Waals surface area contributed by atoms with Crippen LogP contribution in [0.4, 0.5) is 0 Å². The van der Waals surface area contributed by atoms with Crippen LogP contribution in [0.3, 0.4) is 0 Å². The van der Waals surface area contributed by atoms with E-state index in [-0.39, 0.29) is 18.5 Å². The monoisotopic (exact) mass is 365 g/mol. The highest BCUT2D eigenvalue weighted by atomic mass is 35.5. The summed E-state index contributed by atoms with van der Waals surface area (Å²) in [6, 6.07) is 10.7. The molecule has 1 saturated heterocycles. The molecule has 1 aromatic carbocycles. The van der Waals surface area contributed by atoms with Crippen LogP contribution in [0.1, 0.15) is 37.9 Å². The maximum atomic E-state index is 9.82. The number of benzene rings is 1. The van der Waals surface area contributed by atoms with E-state index in [4.69, 9.17) is 9.15 Å². The van der Waals surface area contributed by atoms with Crippen molar-refractivity contribution in [1.82, 2.24) is 4.90 Å². The van der Waals surface area contributed by atoms with Crippen molar-refractivity contribution in [1.29, 1.82) is 0 Å². The number of ether oxygens (including phenoxy) is 1. The molecule has 1 aromatic heterocycles. The van der Waals surface area contributed by atoms with E-state index in [0.29, 0.717) is 18.8 Å². The lowest BCUT2D eigenvalue weighted by molar-refractivity contribution is -0.0324. The molecule has 5 heteroatoms. The molecule has 138 valence electrons. The molecule has 4 nitrogen and oxygen atoms in total. The van der Waals surface area contributed by atoms with E-state index >= 15 is 0 Å². The number of β-amino-alcohol motifs (C(OH)–C–C–N with tert-alkyl or cyclic N) is 1. The fraction of sp³-hybridized carbons (Fsp3) is 0.600. The van der Waals surface area contributed by atoms with Gasteiger partial charge in [-0.3, -0.25) is 4.90 Å². The molecule has 3 atom stereocenters. The molecular formula is C20H28ClNO3. The number of fused-ring (bicyclic) bond motifs is 1. The number of para-hydroxylation sites is 1. The third kappa shape index (κ3) is 4.37. The Balaban J connectivity index is 0.00000182. The molecule has 2 fully saturated rings. The van der Waals surface area contributed by atoms with Gasteiger partial charge in [0.25, 0.3) is 0 Å². The second-order valence-corrected chi connectivity index (χ2v) is 7.20. The summed E-state index contributed by atoms with van der Waals surface area (Å²) in [6.07, 6.45) is 6.74. The van der Waals surface area contributed by atoms with E-state index in [2.05, 4.69) is 17.0 Å². The summed E-state index contributed by atoms with van der Waals surface area (Å²) in [7, 11) is 0. The summed E-state index contributed by atoms with van der Waals surface area (Å²) in [6.45, 7) is 2.53. The molecule has 2 unspecified atom stereocenters. The molecule has 1 aliphatic heterocycles. The lowest BCUT2D eigenvalue weighted by atomic mass is 9.91. The Morgan fingerprint density at radius 3 is 2.80 bits per heavy atom. The molecule has 2 aliphatic rings. The second kappa shape index (κ2) is 8.54. The van der Waals surface area contributed by atoms with Gasteiger partial charge in [0.1, 0.15) is 11.3 Å². The van der Waals surface area contributed by atoms with Crippen LogP contribution in [0.25, 0.3) is 11.0 Å². The average molecular weight is 366 g/mol. The van der Waals surface area contributed by atoms with Gasteiger partial charge >= 0.3 is 0 Å². The van der Waals surface area contributed by atoms with E-state index in [1.165, 1.54) is 19.3 Å². The van der Waals surface area contributed by atoms with Gasteiger partial charge in [-0.15, -0.1) is 12.4 Å². The zero-order chi connectivity index (χ0) is 16.4. The number of nitrogens with zero attached hydrogens (tertiary/aromatic N) is 1. The summed E-state index contributed by atoms with van der Waals surface area (Å²) in [5, 5.41) is 11.0. The third-order valence-electron chi connectivity index (χ3n) is 5.49. The quantitative estimate of drug-likeness (QED) is 0.875. The maximum absolute atomic E-state index is 9.82. The van der Waals surface area contributed by atoms with Crippen molar-refractivity contribution in [3.63, 3.8) is 0 Å². The minimum Gasteiger partial charge on any atom is -0.461 e. The smallest absolute Gasteiger partial charge is 0.134 e. The molecule has 1 saturated carbocycles. The van der Waals surface area contributed by atoms with Crippen LogP contribution >= 0.6 is 12.4 Å². The maximum Gasteiger partial charge on any atom is 0.134 e. The van der Waals surface area contributed by atoms with Crippen LogP contribution in [-0.4, -0.2) is 48.0 Å². The van der Waals surface area contributed by atoms with Gasteiger partial charge in [-0.25, -0.2) is 0 Å². The van der Waals surface area contributed by atoms with Crippen molar-refractivity contribution in [3.05, 3.63) is 36.1 Å². The number of hydrogen-bond acceptors (Lipinski definition) is 4. The van der Waals surface area contributed by atoms with E-state index in [1.807, 2.05) is 18.2 Å². The highest BCUT2D eigenvalue weighted by Crippen LogP contribution is 2.28. The molecule has 0 radical (unpaired) electrons. The molecule has 1 aliphatic carbocycles. The number of aliphatic hydroxyl groups excluding tert-OH is 1. The fourth-order valence-electron chi connectivity index (χ4n) is 4.23. The molecule has 2 aromatic rings. The van der Waals surface area contributed by atoms with Gasteiger partial charge < -0.3 is 14.3 Å². The van der Waals surface area contributed by atoms with Crippen LogP contribution in [0.2, 0.25) is 0 Å². The SMILES string of the molecule is Cl.O[C@@H]1CCN(C2CCCCC2OCCc2cc3ccccc3o2)C1. The average Bonchev–Trinajstić information content (AvgIpc) is 3.21. The first-order valence-corrected chi connectivity index (χ1v) is 9.31. The van der Waals surface area contributed by atoms with Gasteiger partial charge in [-0.1, -0.05) is 31.0 Å². The number of rotatable bonds is 5. The van der Waals surface area contributed by atoms with Gasteiger partial charge in [0.05, 0.1) is 18.8 Å². The van der Waals surface area contributed by atoms with Crippen molar-refractivity contribution < 1.29 is 14.3 Å². The van der Waals surface area contributed by atoms with Crippen molar-refractivity contribution >= 4 is 23.4 Å². The number of aliphatic hydroxyl groups is 1. The van der Waals surface area contributed by atoms with Crippen LogP contribution in [0, 0.1) is 0 Å². The van der Waals surface area contributed by atoms with Gasteiger partial charge in [-0.05, 0) is 31.4 Å². The molecule has 2 heterocycles. The largest absolute Gasteiger partial charge is 0.461 e. The first-order chi connectivity index (χ1) is 11.8. The Bertz CT molecular complexity index is 641. The van der Waals surface area contributed by atoms with Crippen molar-refractivity contribution in [2.24, 2.45) is 0 Å². The van der Waals surface area contributed by atoms with Gasteiger partial charge in [0.2, 0.25) is 0 Å². The standard InChI is InChI=1S/C20H27NO3.ClH/c22-16-9-11-21(14-16)18-6-2-4-8-20(18)23-12-10-17-13-15-5-1-3-7-19(15)24-17;/h1,3,5,7,13,16,18,20,22H,2,4,6,8-12,14H2;1H/t16-,18?,20?;/m1./s1. The summed E-state index contributed by atoms with van der Waals surface area (Å²) in [5.74, 6) is 1.00. The Morgan fingerprint density at radius 2 is 2.00 bits per heavy atom. The lowest BCUT2D eigenvalue weighted by Gasteiger charge is -2.37.